The van der Waals surface area contributed by atoms with Crippen LogP contribution in [0, 0.1) is 11.5 Å². The van der Waals surface area contributed by atoms with Crippen molar-refractivity contribution >= 4 is 29.6 Å². The molecule has 0 N–H and O–H groups in total. The Kier molecular flexibility index (Phi) is 16.7. The van der Waals surface area contributed by atoms with Gasteiger partial charge < -0.3 is 0 Å². The summed E-state index contributed by atoms with van der Waals surface area (Å²) in [6.45, 7) is 0. The Morgan fingerprint density at radius 3 is 2.00 bits per heavy atom. The normalized spacial score (nSPS) is 3.40. The summed E-state index contributed by atoms with van der Waals surface area (Å²) >= 11 is 1.64. The van der Waals surface area contributed by atoms with Crippen LogP contribution < -0.4 is 0 Å². The molecule has 4 heteroatoms. The van der Waals surface area contributed by atoms with Crippen molar-refractivity contribution in [2.75, 3.05) is 0 Å². The first-order valence-corrected chi connectivity index (χ1v) is 1.44. The maximum atomic E-state index is 7.39. The van der Waals surface area contributed by atoms with Crippen molar-refractivity contribution in [2.24, 2.45) is 0 Å². The topological polar surface area (TPSA) is 33.0 Å². The molecule has 0 aromatic carbocycles. The van der Waals surface area contributed by atoms with Crippen LogP contribution in [-0.4, -0.2) is 29.6 Å². The molecule has 0 aromatic rings. The summed E-state index contributed by atoms with van der Waals surface area (Å²) in [5.74, 6) is 0. The van der Waals surface area contributed by atoms with Gasteiger partial charge in [0, 0.05) is 0 Å². The Bertz CT molecular complexity index is 41.4. The molecule has 5 heavy (non-hydrogen) atoms. The van der Waals surface area contributed by atoms with E-state index in [-0.39, 0.29) is 29.6 Å². The van der Waals surface area contributed by atoms with E-state index >= 15 is 0 Å². The van der Waals surface area contributed by atoms with Crippen LogP contribution >= 0.6 is 0 Å². The molecule has 0 spiro atoms. The van der Waals surface area contributed by atoms with E-state index in [2.05, 4.69) is 3.24 Å². The Labute approximate surface area is 65.2 Å². The van der Waals surface area contributed by atoms with Crippen LogP contribution in [0.3, 0.4) is 0 Å². The summed E-state index contributed by atoms with van der Waals surface area (Å²) in [6, 6.07) is 0. The molecule has 0 aliphatic rings. The second kappa shape index (κ2) is 8.90. The van der Waals surface area contributed by atoms with E-state index in [0.717, 1.165) is 0 Å². The van der Waals surface area contributed by atoms with Gasteiger partial charge in [-0.25, -0.2) is 0 Å². The van der Waals surface area contributed by atoms with Gasteiger partial charge in [0.1, 0.15) is 0 Å². The molecule has 0 saturated carbocycles. The molecule has 0 aliphatic heterocycles. The number of rotatable bonds is 0. The molecule has 28 valence electrons. The molecule has 0 amide bonds. The van der Waals surface area contributed by atoms with Gasteiger partial charge >= 0.3 is 65.8 Å². The monoisotopic (exact) mass is 263 g/mol. The molecule has 0 rings (SSSR count). The van der Waals surface area contributed by atoms with E-state index < -0.39 is 0 Å². The van der Waals surface area contributed by atoms with Crippen LogP contribution in [0.2, 0.25) is 0 Å². The molecule has 0 heterocycles. The Hall–Kier alpha value is 1.03. The van der Waals surface area contributed by atoms with Crippen molar-refractivity contribution in [1.29, 1.82) is 5.26 Å². The van der Waals surface area contributed by atoms with Crippen LogP contribution in [0.5, 0.6) is 0 Å². The van der Waals surface area contributed by atoms with E-state index in [0.29, 0.717) is 0 Å². The molecule has 0 radical (unpaired) electrons. The van der Waals surface area contributed by atoms with Gasteiger partial charge in [-0.1, -0.05) is 0 Å². The zero-order valence-corrected chi connectivity index (χ0v) is 3.82. The fourth-order valence-electron chi connectivity index (χ4n) is 0. The third-order valence-electron chi connectivity index (χ3n) is 0.0275. The molecule has 0 fully saturated rings. The van der Waals surface area contributed by atoms with Crippen LogP contribution in [-0.2, 0) is 24.7 Å². The Morgan fingerprint density at radius 2 is 2.00 bits per heavy atom. The fraction of sp³-hybridized carbons (Fsp3) is 0. The Balaban J connectivity index is 0. The molecular weight excluding hydrogens is 262 g/mol. The summed E-state index contributed by atoms with van der Waals surface area (Å²) in [4.78, 5) is 0. The molecule has 0 saturated heterocycles. The minimum absolute atomic E-state index is 0. The van der Waals surface area contributed by atoms with Crippen LogP contribution in [0.1, 0.15) is 0 Å². The van der Waals surface area contributed by atoms with Crippen molar-refractivity contribution in [3.8, 4) is 6.26 Å². The number of hydrogen-bond acceptors (Lipinski definition) is 2. The molecule has 2 nitrogen and oxygen atoms in total. The minimum atomic E-state index is 0. The van der Waals surface area contributed by atoms with Crippen LogP contribution in [0.25, 0.3) is 0 Å². The Morgan fingerprint density at radius 1 is 1.80 bits per heavy atom. The van der Waals surface area contributed by atoms with Gasteiger partial charge in [-0.3, -0.25) is 0 Å². The summed E-state index contributed by atoms with van der Waals surface area (Å²) in [5.41, 5.74) is 0. The summed E-state index contributed by atoms with van der Waals surface area (Å²) in [6.07, 6.45) is 1.41. The molecule has 0 unspecified atom stereocenters. The van der Waals surface area contributed by atoms with Gasteiger partial charge in [-0.05, 0) is 0 Å². The standard InChI is InChI=1S/CHNO.Au.Na.H/c2-1-3;;;/h3H;;;/q;+1;;/p-1. The molecule has 0 aliphatic carbocycles. The van der Waals surface area contributed by atoms with Gasteiger partial charge in [0.2, 0.25) is 0 Å². The average molecular weight is 263 g/mol. The summed E-state index contributed by atoms with van der Waals surface area (Å²) < 4.78 is 3.79. The summed E-state index contributed by atoms with van der Waals surface area (Å²) in [5, 5.41) is 7.39. The van der Waals surface area contributed by atoms with Crippen LogP contribution in [0.4, 0.5) is 0 Å². The predicted molar refractivity (Wildman–Crippen MR) is 13.8 cm³/mol. The van der Waals surface area contributed by atoms with E-state index in [1.54, 1.807) is 21.5 Å². The first-order valence-electron chi connectivity index (χ1n) is 0.551. The average Bonchev–Trinajstić information content (AvgIpc) is 1.37. The second-order valence-corrected chi connectivity index (χ2v) is 0.595. The zero-order valence-electron chi connectivity index (χ0n) is 1.66. The van der Waals surface area contributed by atoms with Crippen LogP contribution in [0.15, 0.2) is 0 Å². The van der Waals surface area contributed by atoms with Gasteiger partial charge in [-0.2, -0.15) is 0 Å². The summed E-state index contributed by atoms with van der Waals surface area (Å²) in [7, 11) is 0. The van der Waals surface area contributed by atoms with Gasteiger partial charge in [0.25, 0.3) is 0 Å². The number of nitrogens with zero attached hydrogens (tertiary/aromatic N) is 1. The van der Waals surface area contributed by atoms with Crippen molar-refractivity contribution < 1.29 is 24.7 Å². The fourth-order valence-corrected chi connectivity index (χ4v) is 0. The third-order valence-corrected chi connectivity index (χ3v) is 0.225. The molecule has 0 atom stereocenters. The first kappa shape index (κ1) is 9.39. The van der Waals surface area contributed by atoms with Gasteiger partial charge in [0.15, 0.2) is 0 Å². The molecule has 0 aromatic heterocycles. The maximum absolute atomic E-state index is 7.39. The second-order valence-electron chi connectivity index (χ2n) is 0.153. The third kappa shape index (κ3) is 11.2. The van der Waals surface area contributed by atoms with E-state index in [9.17, 15) is 0 Å². The first-order chi connectivity index (χ1) is 1.91. The predicted octanol–water partition coefficient (Wildman–Crippen LogP) is -0.703. The quantitative estimate of drug-likeness (QED) is 0.427. The zero-order chi connectivity index (χ0) is 3.41. The van der Waals surface area contributed by atoms with Crippen molar-refractivity contribution in [3.05, 3.63) is 0 Å². The van der Waals surface area contributed by atoms with Crippen molar-refractivity contribution in [3.63, 3.8) is 0 Å². The van der Waals surface area contributed by atoms with Crippen molar-refractivity contribution in [1.82, 2.24) is 0 Å². The van der Waals surface area contributed by atoms with Crippen molar-refractivity contribution in [2.45, 2.75) is 0 Å². The van der Waals surface area contributed by atoms with Gasteiger partial charge in [0.05, 0.1) is 0 Å². The molecular formula is CHAuNNaO. The van der Waals surface area contributed by atoms with Gasteiger partial charge in [-0.15, -0.1) is 0 Å². The number of hydrogen-bond donors (Lipinski definition) is 0. The molecule has 0 bridgehead atoms. The van der Waals surface area contributed by atoms with E-state index in [1.165, 1.54) is 6.26 Å². The SMILES string of the molecule is N#C[O][Au].[NaH]. The van der Waals surface area contributed by atoms with E-state index in [4.69, 9.17) is 5.26 Å². The van der Waals surface area contributed by atoms with E-state index in [1.807, 2.05) is 0 Å². The number of nitriles is 1.